The molecule has 0 aromatic carbocycles. The van der Waals surface area contributed by atoms with Crippen molar-refractivity contribution in [3.05, 3.63) is 23.2 Å². The Morgan fingerprint density at radius 2 is 2.18 bits per heavy atom. The van der Waals surface area contributed by atoms with E-state index in [1.165, 1.54) is 5.30 Å². The highest BCUT2D eigenvalue weighted by atomic mass is 31.0. The molecular formula is C9H14NP. The first kappa shape index (κ1) is 8.55. The van der Waals surface area contributed by atoms with E-state index < -0.39 is 0 Å². The molecule has 1 unspecified atom stereocenters. The van der Waals surface area contributed by atoms with E-state index in [1.54, 1.807) is 0 Å². The predicted molar refractivity (Wildman–Crippen MR) is 53.3 cm³/mol. The molecule has 0 saturated heterocycles. The van der Waals surface area contributed by atoms with Gasteiger partial charge in [-0.05, 0) is 32.6 Å². The fourth-order valence-corrected chi connectivity index (χ4v) is 1.40. The normalized spacial score (nSPS) is 13.4. The van der Waals surface area contributed by atoms with Crippen molar-refractivity contribution in [1.82, 2.24) is 0 Å². The molecule has 0 radical (unpaired) electrons. The van der Waals surface area contributed by atoms with Crippen molar-refractivity contribution in [2.24, 2.45) is 4.99 Å². The van der Waals surface area contributed by atoms with Crippen molar-refractivity contribution < 1.29 is 0 Å². The van der Waals surface area contributed by atoms with Gasteiger partial charge in [0.05, 0.1) is 5.54 Å². The minimum atomic E-state index is 0.0634. The second-order valence-electron chi connectivity index (χ2n) is 3.55. The molecule has 1 aromatic rings. The first-order valence-electron chi connectivity index (χ1n) is 3.76. The first-order valence-corrected chi connectivity index (χ1v) is 4.84. The van der Waals surface area contributed by atoms with E-state index in [2.05, 4.69) is 43.7 Å². The quantitative estimate of drug-likeness (QED) is 0.570. The van der Waals surface area contributed by atoms with E-state index in [1.807, 2.05) is 6.21 Å². The largest absolute Gasteiger partial charge is 0.286 e. The average Bonchev–Trinajstić information content (AvgIpc) is 2.32. The molecular weight excluding hydrogens is 153 g/mol. The minimum Gasteiger partial charge on any atom is -0.286 e. The second-order valence-corrected chi connectivity index (χ2v) is 4.75. The summed E-state index contributed by atoms with van der Waals surface area (Å²) >= 11 is 0. The second kappa shape index (κ2) is 3.23. The molecule has 0 fully saturated rings. The van der Waals surface area contributed by atoms with Gasteiger partial charge in [0.2, 0.25) is 0 Å². The summed E-state index contributed by atoms with van der Waals surface area (Å²) in [5.41, 5.74) is 0.0634. The molecule has 0 aliphatic rings. The zero-order valence-corrected chi connectivity index (χ0v) is 8.26. The van der Waals surface area contributed by atoms with Crippen molar-refractivity contribution in [3.8, 4) is 0 Å². The van der Waals surface area contributed by atoms with Gasteiger partial charge in [0.15, 0.2) is 0 Å². The number of hydrogen-bond donors (Lipinski definition) is 0. The standard InChI is InChI=1S/C9H14NP/c1-9(2,3)10-7-8-5-4-6-11-8/h4-7,11H,1-3H3/b10-7+. The lowest BCUT2D eigenvalue weighted by atomic mass is 10.1. The van der Waals surface area contributed by atoms with Crippen LogP contribution in [-0.4, -0.2) is 11.8 Å². The van der Waals surface area contributed by atoms with E-state index in [4.69, 9.17) is 0 Å². The number of rotatable bonds is 1. The molecule has 1 atom stereocenters. The molecule has 0 N–H and O–H groups in total. The van der Waals surface area contributed by atoms with Crippen LogP contribution in [-0.2, 0) is 0 Å². The lowest BCUT2D eigenvalue weighted by molar-refractivity contribution is 0.587. The molecule has 2 heteroatoms. The fourth-order valence-electron chi connectivity index (χ4n) is 0.688. The van der Waals surface area contributed by atoms with Crippen molar-refractivity contribution in [2.75, 3.05) is 0 Å². The molecule has 0 spiro atoms. The molecule has 0 saturated carbocycles. The fraction of sp³-hybridized carbons (Fsp3) is 0.444. The Morgan fingerprint density at radius 3 is 2.64 bits per heavy atom. The van der Waals surface area contributed by atoms with Crippen LogP contribution in [0, 0.1) is 0 Å². The van der Waals surface area contributed by atoms with E-state index >= 15 is 0 Å². The van der Waals surface area contributed by atoms with Crippen LogP contribution >= 0.6 is 8.19 Å². The molecule has 0 aliphatic heterocycles. The van der Waals surface area contributed by atoms with Crippen LogP contribution in [0.15, 0.2) is 22.9 Å². The van der Waals surface area contributed by atoms with Gasteiger partial charge >= 0.3 is 0 Å². The lowest BCUT2D eigenvalue weighted by Gasteiger charge is -2.09. The summed E-state index contributed by atoms with van der Waals surface area (Å²) < 4.78 is 0. The van der Waals surface area contributed by atoms with Gasteiger partial charge in [-0.25, -0.2) is 0 Å². The lowest BCUT2D eigenvalue weighted by Crippen LogP contribution is -2.09. The van der Waals surface area contributed by atoms with Crippen LogP contribution in [0.3, 0.4) is 0 Å². The molecule has 0 amide bonds. The highest BCUT2D eigenvalue weighted by Gasteiger charge is 2.04. The number of hydrogen-bond acceptors (Lipinski definition) is 1. The Labute approximate surface area is 69.6 Å². The minimum absolute atomic E-state index is 0.0634. The summed E-state index contributed by atoms with van der Waals surface area (Å²) in [5.74, 6) is 2.17. The number of aliphatic imine (C=N–C) groups is 1. The van der Waals surface area contributed by atoms with Crippen LogP contribution in [0.5, 0.6) is 0 Å². The number of nitrogens with zero attached hydrogens (tertiary/aromatic N) is 1. The van der Waals surface area contributed by atoms with Crippen LogP contribution in [0.4, 0.5) is 0 Å². The molecule has 11 heavy (non-hydrogen) atoms. The molecule has 1 aromatic heterocycles. The molecule has 1 heterocycles. The molecule has 60 valence electrons. The Bertz CT molecular complexity index is 229. The highest BCUT2D eigenvalue weighted by molar-refractivity contribution is 7.31. The van der Waals surface area contributed by atoms with Crippen LogP contribution in [0.1, 0.15) is 26.1 Å². The van der Waals surface area contributed by atoms with E-state index in [0.717, 1.165) is 8.19 Å². The summed E-state index contributed by atoms with van der Waals surface area (Å²) in [5, 5.41) is 1.33. The van der Waals surface area contributed by atoms with Gasteiger partial charge in [-0.2, -0.15) is 0 Å². The third kappa shape index (κ3) is 3.38. The molecule has 1 nitrogen and oxygen atoms in total. The van der Waals surface area contributed by atoms with Crippen molar-refractivity contribution in [1.29, 1.82) is 0 Å². The Kier molecular flexibility index (Phi) is 2.51. The van der Waals surface area contributed by atoms with Gasteiger partial charge in [-0.3, -0.25) is 4.99 Å². The maximum atomic E-state index is 4.41. The molecule has 0 bridgehead atoms. The zero-order valence-electron chi connectivity index (χ0n) is 7.26. The van der Waals surface area contributed by atoms with Gasteiger partial charge in [-0.1, -0.05) is 6.07 Å². The molecule has 0 aliphatic carbocycles. The smallest absolute Gasteiger partial charge is 0.0524 e. The molecule has 1 rings (SSSR count). The van der Waals surface area contributed by atoms with Crippen LogP contribution < -0.4 is 0 Å². The monoisotopic (exact) mass is 167 g/mol. The van der Waals surface area contributed by atoms with E-state index in [9.17, 15) is 0 Å². The van der Waals surface area contributed by atoms with E-state index in [0.29, 0.717) is 0 Å². The summed E-state index contributed by atoms with van der Waals surface area (Å²) in [4.78, 5) is 4.41. The summed E-state index contributed by atoms with van der Waals surface area (Å²) in [7, 11) is 0.817. The Balaban J connectivity index is 2.63. The van der Waals surface area contributed by atoms with Gasteiger partial charge in [0.1, 0.15) is 0 Å². The highest BCUT2D eigenvalue weighted by Crippen LogP contribution is 2.13. The topological polar surface area (TPSA) is 12.4 Å². The predicted octanol–water partition coefficient (Wildman–Crippen LogP) is 2.94. The van der Waals surface area contributed by atoms with Crippen LogP contribution in [0.2, 0.25) is 0 Å². The third-order valence-corrected chi connectivity index (χ3v) is 2.20. The van der Waals surface area contributed by atoms with Crippen LogP contribution in [0.25, 0.3) is 0 Å². The zero-order chi connectivity index (χ0) is 8.32. The van der Waals surface area contributed by atoms with Gasteiger partial charge in [-0.15, -0.1) is 8.19 Å². The van der Waals surface area contributed by atoms with Crippen molar-refractivity contribution in [3.63, 3.8) is 0 Å². The van der Waals surface area contributed by atoms with Gasteiger partial charge in [0.25, 0.3) is 0 Å². The third-order valence-electron chi connectivity index (χ3n) is 1.21. The average molecular weight is 167 g/mol. The summed E-state index contributed by atoms with van der Waals surface area (Å²) in [6.45, 7) is 6.32. The maximum absolute atomic E-state index is 4.41. The van der Waals surface area contributed by atoms with Gasteiger partial charge < -0.3 is 0 Å². The summed E-state index contributed by atoms with van der Waals surface area (Å²) in [6, 6.07) is 4.20. The maximum Gasteiger partial charge on any atom is 0.0524 e. The first-order chi connectivity index (χ1) is 5.08. The Hall–Kier alpha value is -0.550. The SMILES string of the molecule is CC(C)(C)/N=C/c1ccc[pH]1. The Morgan fingerprint density at radius 1 is 1.45 bits per heavy atom. The summed E-state index contributed by atoms with van der Waals surface area (Å²) in [6.07, 6.45) is 1.98. The van der Waals surface area contributed by atoms with Crippen molar-refractivity contribution >= 4 is 14.4 Å². The van der Waals surface area contributed by atoms with Crippen molar-refractivity contribution in [2.45, 2.75) is 26.3 Å². The van der Waals surface area contributed by atoms with E-state index in [-0.39, 0.29) is 5.54 Å². The van der Waals surface area contributed by atoms with Gasteiger partial charge in [0, 0.05) is 11.5 Å².